The molecule has 25 heavy (non-hydrogen) atoms. The minimum absolute atomic E-state index is 0.0689. The lowest BCUT2D eigenvalue weighted by Crippen LogP contribution is -2.44. The molecule has 1 aliphatic rings. The van der Waals surface area contributed by atoms with E-state index in [9.17, 15) is 9.59 Å². The average Bonchev–Trinajstić information content (AvgIpc) is 3.04. The number of hydrogen-bond donors (Lipinski definition) is 2. The normalized spacial score (nSPS) is 15.5. The summed E-state index contributed by atoms with van der Waals surface area (Å²) in [5, 5.41) is 11.4. The van der Waals surface area contributed by atoms with Crippen LogP contribution in [0.3, 0.4) is 0 Å². The van der Waals surface area contributed by atoms with Crippen molar-refractivity contribution < 1.29 is 19.1 Å². The molecule has 1 fully saturated rings. The molecule has 1 aliphatic heterocycles. The molecule has 2 amide bonds. The molecule has 1 aromatic carbocycles. The maximum atomic E-state index is 12.1. The van der Waals surface area contributed by atoms with Crippen LogP contribution in [0.25, 0.3) is 11.1 Å². The van der Waals surface area contributed by atoms with Gasteiger partial charge in [0, 0.05) is 32.0 Å². The number of likely N-dealkylation sites (tertiary alicyclic amines) is 1. The van der Waals surface area contributed by atoms with E-state index in [2.05, 4.69) is 10.3 Å². The van der Waals surface area contributed by atoms with E-state index >= 15 is 0 Å². The summed E-state index contributed by atoms with van der Waals surface area (Å²) in [6.07, 6.45) is 2.14. The van der Waals surface area contributed by atoms with Crippen molar-refractivity contribution in [2.75, 3.05) is 19.6 Å². The molecule has 1 saturated heterocycles. The topological polar surface area (TPSA) is 95.7 Å². The molecule has 0 radical (unpaired) electrons. The van der Waals surface area contributed by atoms with Crippen molar-refractivity contribution in [1.29, 1.82) is 0 Å². The number of aliphatic carboxylic acids is 1. The molecule has 0 unspecified atom stereocenters. The fraction of sp³-hybridized carbons (Fsp3) is 0.500. The summed E-state index contributed by atoms with van der Waals surface area (Å²) in [6.45, 7) is 3.68. The van der Waals surface area contributed by atoms with E-state index in [0.29, 0.717) is 26.1 Å². The number of benzene rings is 1. The zero-order chi connectivity index (χ0) is 17.8. The van der Waals surface area contributed by atoms with Crippen LogP contribution >= 0.6 is 0 Å². The molecule has 0 atom stereocenters. The third kappa shape index (κ3) is 4.10. The number of fused-ring (bicyclic) bond motifs is 1. The highest BCUT2D eigenvalue weighted by Gasteiger charge is 2.27. The maximum Gasteiger partial charge on any atom is 0.317 e. The fourth-order valence-electron chi connectivity index (χ4n) is 3.15. The van der Waals surface area contributed by atoms with E-state index in [1.54, 1.807) is 4.90 Å². The average molecular weight is 345 g/mol. The van der Waals surface area contributed by atoms with Crippen molar-refractivity contribution in [2.24, 2.45) is 0 Å². The number of rotatable bonds is 5. The van der Waals surface area contributed by atoms with E-state index in [0.717, 1.165) is 35.4 Å². The molecule has 2 heterocycles. The second-order valence-corrected chi connectivity index (χ2v) is 6.47. The molecule has 2 N–H and O–H groups in total. The van der Waals surface area contributed by atoms with Gasteiger partial charge in [0.05, 0.1) is 0 Å². The van der Waals surface area contributed by atoms with E-state index < -0.39 is 5.97 Å². The predicted octanol–water partition coefficient (Wildman–Crippen LogP) is 2.89. The first-order valence-electron chi connectivity index (χ1n) is 8.65. The van der Waals surface area contributed by atoms with Crippen LogP contribution in [0.4, 0.5) is 4.79 Å². The number of aryl methyl sites for hydroxylation is 1. The molecular formula is C18H23N3O4. The van der Waals surface area contributed by atoms with E-state index in [1.165, 1.54) is 0 Å². The number of para-hydroxylation sites is 1. The Morgan fingerprint density at radius 1 is 1.36 bits per heavy atom. The van der Waals surface area contributed by atoms with Gasteiger partial charge in [0.25, 0.3) is 0 Å². The SMILES string of the molecule is Cc1cccc2nc(C3CCN(C(=O)NCCCC(=O)O)CC3)oc12. The Morgan fingerprint density at radius 2 is 2.12 bits per heavy atom. The Labute approximate surface area is 146 Å². The van der Waals surface area contributed by atoms with E-state index in [1.807, 2.05) is 25.1 Å². The zero-order valence-electron chi connectivity index (χ0n) is 14.3. The van der Waals surface area contributed by atoms with Crippen molar-refractivity contribution in [1.82, 2.24) is 15.2 Å². The summed E-state index contributed by atoms with van der Waals surface area (Å²) in [5.74, 6) is 0.136. The number of nitrogens with one attached hydrogen (secondary N) is 1. The summed E-state index contributed by atoms with van der Waals surface area (Å²) >= 11 is 0. The van der Waals surface area contributed by atoms with Crippen LogP contribution in [0, 0.1) is 6.92 Å². The van der Waals surface area contributed by atoms with Crippen molar-refractivity contribution in [2.45, 2.75) is 38.5 Å². The van der Waals surface area contributed by atoms with Gasteiger partial charge in [0.2, 0.25) is 0 Å². The van der Waals surface area contributed by atoms with Crippen LogP contribution in [0.2, 0.25) is 0 Å². The fourth-order valence-corrected chi connectivity index (χ4v) is 3.15. The Morgan fingerprint density at radius 3 is 2.80 bits per heavy atom. The highest BCUT2D eigenvalue weighted by atomic mass is 16.4. The van der Waals surface area contributed by atoms with Gasteiger partial charge in [-0.25, -0.2) is 9.78 Å². The van der Waals surface area contributed by atoms with Gasteiger partial charge in [0.15, 0.2) is 11.5 Å². The number of carbonyl (C=O) groups excluding carboxylic acids is 1. The number of aromatic nitrogens is 1. The summed E-state index contributed by atoms with van der Waals surface area (Å²) in [7, 11) is 0. The molecule has 0 aliphatic carbocycles. The molecule has 0 bridgehead atoms. The predicted molar refractivity (Wildman–Crippen MR) is 92.6 cm³/mol. The van der Waals surface area contributed by atoms with Gasteiger partial charge in [-0.3, -0.25) is 4.79 Å². The third-order valence-corrected chi connectivity index (χ3v) is 4.60. The number of nitrogens with zero attached hydrogens (tertiary/aromatic N) is 2. The van der Waals surface area contributed by atoms with Gasteiger partial charge in [-0.15, -0.1) is 0 Å². The standard InChI is InChI=1S/C18H23N3O4/c1-12-4-2-5-14-16(12)25-17(20-14)13-7-10-21(11-8-13)18(24)19-9-3-6-15(22)23/h2,4-5,13H,3,6-11H2,1H3,(H,19,24)(H,22,23). The van der Waals surface area contributed by atoms with Crippen LogP contribution in [0.1, 0.15) is 43.1 Å². The summed E-state index contributed by atoms with van der Waals surface area (Å²) < 4.78 is 5.95. The Bertz CT molecular complexity index is 763. The lowest BCUT2D eigenvalue weighted by atomic mass is 9.97. The van der Waals surface area contributed by atoms with Crippen LogP contribution in [-0.4, -0.2) is 46.6 Å². The minimum atomic E-state index is -0.844. The molecule has 2 aromatic rings. The highest BCUT2D eigenvalue weighted by Crippen LogP contribution is 2.30. The molecule has 134 valence electrons. The number of urea groups is 1. The van der Waals surface area contributed by atoms with Crippen molar-refractivity contribution in [3.8, 4) is 0 Å². The molecule has 7 heteroatoms. The number of carboxylic acid groups (broad SMARTS) is 1. The lowest BCUT2D eigenvalue weighted by molar-refractivity contribution is -0.137. The smallest absolute Gasteiger partial charge is 0.317 e. The molecule has 7 nitrogen and oxygen atoms in total. The maximum absolute atomic E-state index is 12.1. The van der Waals surface area contributed by atoms with Gasteiger partial charge < -0.3 is 19.7 Å². The quantitative estimate of drug-likeness (QED) is 0.812. The van der Waals surface area contributed by atoms with Crippen LogP contribution in [0.5, 0.6) is 0 Å². The first-order chi connectivity index (χ1) is 12.0. The van der Waals surface area contributed by atoms with Gasteiger partial charge >= 0.3 is 12.0 Å². The van der Waals surface area contributed by atoms with Gasteiger partial charge in [-0.1, -0.05) is 12.1 Å². The zero-order valence-corrected chi connectivity index (χ0v) is 14.3. The molecule has 0 saturated carbocycles. The van der Waals surface area contributed by atoms with Crippen LogP contribution < -0.4 is 5.32 Å². The summed E-state index contributed by atoms with van der Waals surface area (Å²) in [4.78, 5) is 28.9. The highest BCUT2D eigenvalue weighted by molar-refractivity contribution is 5.76. The molecule has 1 aromatic heterocycles. The van der Waals surface area contributed by atoms with Crippen molar-refractivity contribution in [3.05, 3.63) is 29.7 Å². The second kappa shape index (κ2) is 7.55. The van der Waals surface area contributed by atoms with Crippen LogP contribution in [-0.2, 0) is 4.79 Å². The van der Waals surface area contributed by atoms with Gasteiger partial charge in [-0.2, -0.15) is 0 Å². The number of hydrogen-bond acceptors (Lipinski definition) is 4. The second-order valence-electron chi connectivity index (χ2n) is 6.47. The van der Waals surface area contributed by atoms with Gasteiger partial charge in [0.1, 0.15) is 5.52 Å². The lowest BCUT2D eigenvalue weighted by Gasteiger charge is -2.30. The number of oxazole rings is 1. The first-order valence-corrected chi connectivity index (χ1v) is 8.65. The van der Waals surface area contributed by atoms with Gasteiger partial charge in [-0.05, 0) is 37.8 Å². The van der Waals surface area contributed by atoms with E-state index in [-0.39, 0.29) is 18.4 Å². The number of carboxylic acids is 1. The number of carbonyl (C=O) groups is 2. The molecule has 0 spiro atoms. The van der Waals surface area contributed by atoms with Crippen LogP contribution in [0.15, 0.2) is 22.6 Å². The minimum Gasteiger partial charge on any atom is -0.481 e. The Kier molecular flexibility index (Phi) is 5.21. The monoisotopic (exact) mass is 345 g/mol. The Balaban J connectivity index is 1.51. The van der Waals surface area contributed by atoms with Crippen molar-refractivity contribution >= 4 is 23.1 Å². The largest absolute Gasteiger partial charge is 0.481 e. The van der Waals surface area contributed by atoms with E-state index in [4.69, 9.17) is 9.52 Å². The molecular weight excluding hydrogens is 322 g/mol. The first kappa shape index (κ1) is 17.3. The number of piperidine rings is 1. The number of amides is 2. The summed E-state index contributed by atoms with van der Waals surface area (Å²) in [6, 6.07) is 5.81. The Hall–Kier alpha value is -2.57. The third-order valence-electron chi connectivity index (χ3n) is 4.60. The van der Waals surface area contributed by atoms with Crippen molar-refractivity contribution in [3.63, 3.8) is 0 Å². The molecule has 3 rings (SSSR count). The summed E-state index contributed by atoms with van der Waals surface area (Å²) in [5.41, 5.74) is 2.80.